The minimum atomic E-state index is 0.641. The normalized spacial score (nSPS) is 25.4. The minimum Gasteiger partial charge on any atom is -0.382 e. The van der Waals surface area contributed by atoms with Gasteiger partial charge in [-0.05, 0) is 37.6 Å². The molecule has 0 aromatic carbocycles. The Bertz CT molecular complexity index is 211. The third-order valence-electron chi connectivity index (χ3n) is 4.44. The predicted molar refractivity (Wildman–Crippen MR) is 80.5 cm³/mol. The Kier molecular flexibility index (Phi) is 9.48. The second-order valence-electron chi connectivity index (χ2n) is 5.76. The van der Waals surface area contributed by atoms with Gasteiger partial charge in [0, 0.05) is 19.8 Å². The number of hydrogen-bond acceptors (Lipinski definition) is 3. The van der Waals surface area contributed by atoms with Gasteiger partial charge < -0.3 is 14.8 Å². The first-order valence-corrected chi connectivity index (χ1v) is 8.11. The maximum Gasteiger partial charge on any atom is 0.0700 e. The Hall–Kier alpha value is -0.120. The molecule has 0 saturated heterocycles. The van der Waals surface area contributed by atoms with Crippen LogP contribution < -0.4 is 5.32 Å². The molecule has 1 rings (SSSR count). The van der Waals surface area contributed by atoms with Crippen LogP contribution >= 0.6 is 0 Å². The highest BCUT2D eigenvalue weighted by molar-refractivity contribution is 4.82. The van der Waals surface area contributed by atoms with Crippen LogP contribution in [0.25, 0.3) is 0 Å². The molecule has 0 radical (unpaired) electrons. The topological polar surface area (TPSA) is 30.5 Å². The fourth-order valence-corrected chi connectivity index (χ4v) is 3.29. The summed E-state index contributed by atoms with van der Waals surface area (Å²) in [5.74, 6) is 1.80. The van der Waals surface area contributed by atoms with Gasteiger partial charge in [-0.1, -0.05) is 33.1 Å². The summed E-state index contributed by atoms with van der Waals surface area (Å²) < 4.78 is 10.6. The van der Waals surface area contributed by atoms with Crippen LogP contribution in [0.4, 0.5) is 0 Å². The largest absolute Gasteiger partial charge is 0.382 e. The van der Waals surface area contributed by atoms with E-state index in [1.165, 1.54) is 32.1 Å². The zero-order valence-corrected chi connectivity index (χ0v) is 13.1. The molecule has 3 atom stereocenters. The third kappa shape index (κ3) is 6.73. The van der Waals surface area contributed by atoms with Crippen LogP contribution in [-0.2, 0) is 9.47 Å². The molecule has 0 aromatic rings. The monoisotopic (exact) mass is 271 g/mol. The average molecular weight is 271 g/mol. The summed E-state index contributed by atoms with van der Waals surface area (Å²) in [7, 11) is 1.72. The molecule has 19 heavy (non-hydrogen) atoms. The number of nitrogens with one attached hydrogen (secondary N) is 1. The van der Waals surface area contributed by atoms with Gasteiger partial charge in [0.15, 0.2) is 0 Å². The molecule has 0 aromatic heterocycles. The summed E-state index contributed by atoms with van der Waals surface area (Å²) in [6.45, 7) is 7.89. The molecule has 1 aliphatic rings. The maximum atomic E-state index is 5.63. The summed E-state index contributed by atoms with van der Waals surface area (Å²) in [6, 6.07) is 0.641. The summed E-state index contributed by atoms with van der Waals surface area (Å²) >= 11 is 0. The summed E-state index contributed by atoms with van der Waals surface area (Å²) in [5.41, 5.74) is 0. The number of methoxy groups -OCH3 is 1. The molecule has 1 fully saturated rings. The van der Waals surface area contributed by atoms with Crippen molar-refractivity contribution in [2.24, 2.45) is 11.8 Å². The second-order valence-corrected chi connectivity index (χ2v) is 5.76. The number of rotatable bonds is 10. The summed E-state index contributed by atoms with van der Waals surface area (Å²) in [6.07, 6.45) is 8.14. The van der Waals surface area contributed by atoms with Gasteiger partial charge in [0.2, 0.25) is 0 Å². The van der Waals surface area contributed by atoms with E-state index in [4.69, 9.17) is 9.47 Å². The van der Waals surface area contributed by atoms with Crippen molar-refractivity contribution in [3.63, 3.8) is 0 Å². The highest BCUT2D eigenvalue weighted by Crippen LogP contribution is 2.33. The second kappa shape index (κ2) is 10.6. The van der Waals surface area contributed by atoms with Crippen molar-refractivity contribution >= 4 is 0 Å². The molecular weight excluding hydrogens is 238 g/mol. The molecule has 0 aliphatic heterocycles. The van der Waals surface area contributed by atoms with Crippen LogP contribution in [-0.4, -0.2) is 39.5 Å². The minimum absolute atomic E-state index is 0.641. The highest BCUT2D eigenvalue weighted by Gasteiger charge is 2.26. The SMILES string of the molecule is CCNC(CCOCCOC)C1CCCC(CC)C1. The van der Waals surface area contributed by atoms with Crippen LogP contribution in [0.1, 0.15) is 52.4 Å². The Morgan fingerprint density at radius 3 is 2.68 bits per heavy atom. The Morgan fingerprint density at radius 1 is 1.16 bits per heavy atom. The lowest BCUT2D eigenvalue weighted by molar-refractivity contribution is 0.0601. The number of hydrogen-bond donors (Lipinski definition) is 1. The van der Waals surface area contributed by atoms with Gasteiger partial charge in [0.1, 0.15) is 0 Å². The Balaban J connectivity index is 2.29. The standard InChI is InChI=1S/C16H33NO2/c1-4-14-7-6-8-15(13-14)16(17-5-2)9-10-19-12-11-18-3/h14-17H,4-13H2,1-3H3. The van der Waals surface area contributed by atoms with Crippen LogP contribution in [0, 0.1) is 11.8 Å². The Labute approximate surface area is 119 Å². The van der Waals surface area contributed by atoms with E-state index < -0.39 is 0 Å². The van der Waals surface area contributed by atoms with E-state index in [2.05, 4.69) is 19.2 Å². The van der Waals surface area contributed by atoms with Crippen molar-refractivity contribution < 1.29 is 9.47 Å². The fourth-order valence-electron chi connectivity index (χ4n) is 3.29. The first kappa shape index (κ1) is 16.9. The van der Waals surface area contributed by atoms with E-state index in [9.17, 15) is 0 Å². The average Bonchev–Trinajstić information content (AvgIpc) is 2.46. The van der Waals surface area contributed by atoms with Crippen LogP contribution in [0.2, 0.25) is 0 Å². The molecule has 3 unspecified atom stereocenters. The first-order valence-electron chi connectivity index (χ1n) is 8.11. The molecule has 0 heterocycles. The van der Waals surface area contributed by atoms with E-state index in [0.717, 1.165) is 38.0 Å². The van der Waals surface area contributed by atoms with E-state index in [1.54, 1.807) is 7.11 Å². The van der Waals surface area contributed by atoms with E-state index in [1.807, 2.05) is 0 Å². The molecule has 3 heteroatoms. The molecule has 1 N–H and O–H groups in total. The third-order valence-corrected chi connectivity index (χ3v) is 4.44. The van der Waals surface area contributed by atoms with Gasteiger partial charge in [-0.25, -0.2) is 0 Å². The van der Waals surface area contributed by atoms with Gasteiger partial charge in [0.25, 0.3) is 0 Å². The highest BCUT2D eigenvalue weighted by atomic mass is 16.5. The molecule has 3 nitrogen and oxygen atoms in total. The summed E-state index contributed by atoms with van der Waals surface area (Å²) in [5, 5.41) is 3.68. The van der Waals surface area contributed by atoms with Crippen LogP contribution in [0.15, 0.2) is 0 Å². The van der Waals surface area contributed by atoms with Crippen molar-refractivity contribution in [2.75, 3.05) is 33.5 Å². The molecule has 0 bridgehead atoms. The van der Waals surface area contributed by atoms with E-state index >= 15 is 0 Å². The van der Waals surface area contributed by atoms with E-state index in [-0.39, 0.29) is 0 Å². The Morgan fingerprint density at radius 2 is 2.00 bits per heavy atom. The lowest BCUT2D eigenvalue weighted by atomic mass is 9.76. The van der Waals surface area contributed by atoms with Gasteiger partial charge in [-0.2, -0.15) is 0 Å². The number of ether oxygens (including phenoxy) is 2. The summed E-state index contributed by atoms with van der Waals surface area (Å²) in [4.78, 5) is 0. The van der Waals surface area contributed by atoms with Crippen molar-refractivity contribution in [1.29, 1.82) is 0 Å². The fraction of sp³-hybridized carbons (Fsp3) is 1.00. The van der Waals surface area contributed by atoms with Crippen LogP contribution in [0.5, 0.6) is 0 Å². The zero-order valence-electron chi connectivity index (χ0n) is 13.1. The van der Waals surface area contributed by atoms with E-state index in [0.29, 0.717) is 12.6 Å². The van der Waals surface area contributed by atoms with Crippen molar-refractivity contribution in [1.82, 2.24) is 5.32 Å². The van der Waals surface area contributed by atoms with Gasteiger partial charge in [0.05, 0.1) is 13.2 Å². The zero-order chi connectivity index (χ0) is 13.9. The van der Waals surface area contributed by atoms with Crippen LogP contribution in [0.3, 0.4) is 0 Å². The predicted octanol–water partition coefficient (Wildman–Crippen LogP) is 3.23. The molecule has 114 valence electrons. The molecule has 0 amide bonds. The van der Waals surface area contributed by atoms with Gasteiger partial charge >= 0.3 is 0 Å². The lowest BCUT2D eigenvalue weighted by Gasteiger charge is -2.34. The smallest absolute Gasteiger partial charge is 0.0700 e. The van der Waals surface area contributed by atoms with Gasteiger partial charge in [-0.3, -0.25) is 0 Å². The quantitative estimate of drug-likeness (QED) is 0.619. The molecular formula is C16H33NO2. The molecule has 1 aliphatic carbocycles. The van der Waals surface area contributed by atoms with Crippen molar-refractivity contribution in [3.05, 3.63) is 0 Å². The molecule has 0 spiro atoms. The maximum absolute atomic E-state index is 5.63. The lowest BCUT2D eigenvalue weighted by Crippen LogP contribution is -2.39. The first-order chi connectivity index (χ1) is 9.31. The van der Waals surface area contributed by atoms with Crippen molar-refractivity contribution in [3.8, 4) is 0 Å². The molecule has 1 saturated carbocycles. The van der Waals surface area contributed by atoms with Gasteiger partial charge in [-0.15, -0.1) is 0 Å². The van der Waals surface area contributed by atoms with Crippen molar-refractivity contribution in [2.45, 2.75) is 58.4 Å².